The minimum atomic E-state index is 0.127. The van der Waals surface area contributed by atoms with Crippen LogP contribution < -0.4 is 0 Å². The van der Waals surface area contributed by atoms with E-state index in [0.717, 1.165) is 43.6 Å². The van der Waals surface area contributed by atoms with Crippen LogP contribution in [0.15, 0.2) is 35.5 Å². The van der Waals surface area contributed by atoms with Gasteiger partial charge in [0.2, 0.25) is 0 Å². The average Bonchev–Trinajstić information content (AvgIpc) is 3.27. The van der Waals surface area contributed by atoms with Gasteiger partial charge in [0, 0.05) is 25.2 Å². The Bertz CT molecular complexity index is 707. The summed E-state index contributed by atoms with van der Waals surface area (Å²) in [7, 11) is 2.12. The molecule has 1 unspecified atom stereocenters. The summed E-state index contributed by atoms with van der Waals surface area (Å²) in [6.07, 6.45) is 4.55. The number of aryl methyl sites for hydroxylation is 1. The molecule has 23 heavy (non-hydrogen) atoms. The van der Waals surface area contributed by atoms with Crippen molar-refractivity contribution in [2.45, 2.75) is 38.3 Å². The molecule has 2 aromatic rings. The van der Waals surface area contributed by atoms with Gasteiger partial charge in [0.05, 0.1) is 11.4 Å². The Morgan fingerprint density at radius 3 is 3.00 bits per heavy atom. The summed E-state index contributed by atoms with van der Waals surface area (Å²) < 4.78 is 0. The molecule has 120 valence electrons. The highest BCUT2D eigenvalue weighted by molar-refractivity contribution is 6.01. The van der Waals surface area contributed by atoms with E-state index in [2.05, 4.69) is 39.4 Å². The van der Waals surface area contributed by atoms with Crippen molar-refractivity contribution in [3.63, 3.8) is 0 Å². The molecular weight excluding hydrogens is 288 g/mol. The van der Waals surface area contributed by atoms with Gasteiger partial charge in [-0.05, 0) is 37.4 Å². The van der Waals surface area contributed by atoms with Gasteiger partial charge in [0.15, 0.2) is 0 Å². The van der Waals surface area contributed by atoms with Gasteiger partial charge >= 0.3 is 0 Å². The van der Waals surface area contributed by atoms with Crippen LogP contribution >= 0.6 is 0 Å². The van der Waals surface area contributed by atoms with Crippen LogP contribution in [-0.2, 0) is 24.2 Å². The molecule has 1 aliphatic carbocycles. The number of hydrogen-bond acceptors (Lipinski definition) is 4. The quantitative estimate of drug-likeness (QED) is 0.923. The molecule has 4 rings (SSSR count). The van der Waals surface area contributed by atoms with E-state index < -0.39 is 0 Å². The smallest absolute Gasteiger partial charge is 0.145 e. The van der Waals surface area contributed by atoms with Crippen molar-refractivity contribution in [1.82, 2.24) is 15.1 Å². The first-order valence-electron chi connectivity index (χ1n) is 8.31. The maximum Gasteiger partial charge on any atom is 0.145 e. The van der Waals surface area contributed by atoms with Crippen LogP contribution in [0.1, 0.15) is 35.4 Å². The van der Waals surface area contributed by atoms with Crippen molar-refractivity contribution >= 4 is 5.71 Å². The maximum absolute atomic E-state index is 5.62. The van der Waals surface area contributed by atoms with Gasteiger partial charge < -0.3 is 4.84 Å². The standard InChI is InChI=1S/C18H22N4O/c1-22(12-18-15-8-5-9-16(15)19-20-18)11-14-10-17(21-23-14)13-6-3-2-4-7-13/h2-4,6-7,14H,5,8-12H2,1H3,(H,19,20). The molecule has 0 saturated carbocycles. The summed E-state index contributed by atoms with van der Waals surface area (Å²) in [6.45, 7) is 1.73. The third-order valence-electron chi connectivity index (χ3n) is 4.67. The Balaban J connectivity index is 1.33. The zero-order valence-electron chi connectivity index (χ0n) is 13.5. The third-order valence-corrected chi connectivity index (χ3v) is 4.67. The highest BCUT2D eigenvalue weighted by Gasteiger charge is 2.25. The number of fused-ring (bicyclic) bond motifs is 1. The lowest BCUT2D eigenvalue weighted by atomic mass is 10.0. The molecule has 0 saturated heterocycles. The molecule has 0 bridgehead atoms. The van der Waals surface area contributed by atoms with Gasteiger partial charge in [0.1, 0.15) is 6.10 Å². The number of likely N-dealkylation sites (N-methyl/N-ethyl adjacent to an activating group) is 1. The molecule has 1 aromatic carbocycles. The molecule has 0 radical (unpaired) electrons. The number of hydrogen-bond donors (Lipinski definition) is 1. The van der Waals surface area contributed by atoms with Gasteiger partial charge in [-0.2, -0.15) is 5.10 Å². The fourth-order valence-corrected chi connectivity index (χ4v) is 3.51. The van der Waals surface area contributed by atoms with Crippen LogP contribution in [0.2, 0.25) is 0 Å². The second kappa shape index (κ2) is 6.16. The van der Waals surface area contributed by atoms with Crippen LogP contribution in [0.3, 0.4) is 0 Å². The Hall–Kier alpha value is -2.14. The van der Waals surface area contributed by atoms with Gasteiger partial charge in [-0.15, -0.1) is 0 Å². The van der Waals surface area contributed by atoms with E-state index in [1.165, 1.54) is 23.4 Å². The van der Waals surface area contributed by atoms with Crippen molar-refractivity contribution < 1.29 is 4.84 Å². The van der Waals surface area contributed by atoms with E-state index in [1.807, 2.05) is 18.2 Å². The van der Waals surface area contributed by atoms with Gasteiger partial charge in [-0.1, -0.05) is 35.5 Å². The second-order valence-corrected chi connectivity index (χ2v) is 6.51. The molecule has 2 aliphatic rings. The Morgan fingerprint density at radius 2 is 2.13 bits per heavy atom. The van der Waals surface area contributed by atoms with Crippen molar-refractivity contribution in [2.24, 2.45) is 5.16 Å². The van der Waals surface area contributed by atoms with Gasteiger partial charge in [-0.25, -0.2) is 0 Å². The van der Waals surface area contributed by atoms with Crippen LogP contribution in [0, 0.1) is 0 Å². The zero-order chi connectivity index (χ0) is 15.6. The fourth-order valence-electron chi connectivity index (χ4n) is 3.51. The Morgan fingerprint density at radius 1 is 1.26 bits per heavy atom. The summed E-state index contributed by atoms with van der Waals surface area (Å²) in [4.78, 5) is 7.90. The SMILES string of the molecule is CN(Cc1n[nH]c2c1CCC2)CC1CC(c2ccccc2)=NO1. The molecule has 5 heteroatoms. The number of nitrogens with one attached hydrogen (secondary N) is 1. The predicted molar refractivity (Wildman–Crippen MR) is 89.4 cm³/mol. The molecule has 0 amide bonds. The van der Waals surface area contributed by atoms with E-state index in [1.54, 1.807) is 0 Å². The monoisotopic (exact) mass is 310 g/mol. The Kier molecular flexibility index (Phi) is 3.87. The van der Waals surface area contributed by atoms with Gasteiger partial charge in [-0.3, -0.25) is 10.00 Å². The lowest BCUT2D eigenvalue weighted by Gasteiger charge is -2.19. The molecule has 1 atom stereocenters. The molecule has 0 fully saturated rings. The van der Waals surface area contributed by atoms with E-state index in [4.69, 9.17) is 4.84 Å². The number of aromatic nitrogens is 2. The number of nitrogens with zero attached hydrogens (tertiary/aromatic N) is 3. The van der Waals surface area contributed by atoms with E-state index in [9.17, 15) is 0 Å². The van der Waals surface area contributed by atoms with E-state index in [0.29, 0.717) is 0 Å². The summed E-state index contributed by atoms with van der Waals surface area (Å²) in [5.74, 6) is 0. The molecule has 2 heterocycles. The van der Waals surface area contributed by atoms with Gasteiger partial charge in [0.25, 0.3) is 0 Å². The summed E-state index contributed by atoms with van der Waals surface area (Å²) in [5, 5.41) is 11.9. The normalized spacial score (nSPS) is 19.7. The van der Waals surface area contributed by atoms with Crippen LogP contribution in [0.5, 0.6) is 0 Å². The highest BCUT2D eigenvalue weighted by Crippen LogP contribution is 2.24. The largest absolute Gasteiger partial charge is 0.390 e. The molecule has 1 aromatic heterocycles. The molecule has 0 spiro atoms. The molecule has 1 aliphatic heterocycles. The first-order chi connectivity index (χ1) is 11.3. The maximum atomic E-state index is 5.62. The highest BCUT2D eigenvalue weighted by atomic mass is 16.6. The number of H-pyrrole nitrogens is 1. The third kappa shape index (κ3) is 3.01. The Labute approximate surface area is 136 Å². The lowest BCUT2D eigenvalue weighted by Crippen LogP contribution is -2.29. The number of rotatable bonds is 5. The number of oxime groups is 1. The van der Waals surface area contributed by atoms with Crippen LogP contribution in [-0.4, -0.2) is 40.5 Å². The number of benzene rings is 1. The van der Waals surface area contributed by atoms with Crippen LogP contribution in [0.25, 0.3) is 0 Å². The second-order valence-electron chi connectivity index (χ2n) is 6.51. The van der Waals surface area contributed by atoms with Crippen molar-refractivity contribution in [1.29, 1.82) is 0 Å². The molecule has 5 nitrogen and oxygen atoms in total. The average molecular weight is 310 g/mol. The topological polar surface area (TPSA) is 53.5 Å². The summed E-state index contributed by atoms with van der Waals surface area (Å²) in [5.41, 5.74) is 6.17. The first-order valence-corrected chi connectivity index (χ1v) is 8.31. The lowest BCUT2D eigenvalue weighted by molar-refractivity contribution is 0.0573. The summed E-state index contributed by atoms with van der Waals surface area (Å²) >= 11 is 0. The van der Waals surface area contributed by atoms with Crippen molar-refractivity contribution in [3.05, 3.63) is 52.8 Å². The van der Waals surface area contributed by atoms with Crippen molar-refractivity contribution in [3.8, 4) is 0 Å². The summed E-state index contributed by atoms with van der Waals surface area (Å²) in [6, 6.07) is 10.3. The number of aromatic amines is 1. The van der Waals surface area contributed by atoms with E-state index in [-0.39, 0.29) is 6.10 Å². The van der Waals surface area contributed by atoms with Crippen molar-refractivity contribution in [2.75, 3.05) is 13.6 Å². The minimum absolute atomic E-state index is 0.127. The van der Waals surface area contributed by atoms with Crippen LogP contribution in [0.4, 0.5) is 0 Å². The van der Waals surface area contributed by atoms with E-state index >= 15 is 0 Å². The molecule has 1 N–H and O–H groups in total. The fraction of sp³-hybridized carbons (Fsp3) is 0.444. The zero-order valence-corrected chi connectivity index (χ0v) is 13.5. The molecular formula is C18H22N4O. The predicted octanol–water partition coefficient (Wildman–Crippen LogP) is 2.52. The first kappa shape index (κ1) is 14.5. The minimum Gasteiger partial charge on any atom is -0.390 e.